The third-order valence-corrected chi connectivity index (χ3v) is 5.78. The van der Waals surface area contributed by atoms with Gasteiger partial charge in [-0.3, -0.25) is 4.68 Å². The van der Waals surface area contributed by atoms with E-state index >= 15 is 0 Å². The summed E-state index contributed by atoms with van der Waals surface area (Å²) in [5.41, 5.74) is 5.49. The molecule has 1 aromatic heterocycles. The highest BCUT2D eigenvalue weighted by atomic mass is 16.5. The molecule has 0 unspecified atom stereocenters. The summed E-state index contributed by atoms with van der Waals surface area (Å²) >= 11 is 0. The van der Waals surface area contributed by atoms with E-state index in [1.165, 1.54) is 0 Å². The van der Waals surface area contributed by atoms with Gasteiger partial charge < -0.3 is 25.2 Å². The molecule has 2 heterocycles. The number of benzene rings is 2. The van der Waals surface area contributed by atoms with E-state index in [0.29, 0.717) is 5.56 Å². The first-order chi connectivity index (χ1) is 14.4. The molecular formula is C23H26N2O5. The maximum atomic E-state index is 10.5. The minimum Gasteiger partial charge on any atom is -0.394 e. The van der Waals surface area contributed by atoms with Crippen molar-refractivity contribution in [3.05, 3.63) is 65.9 Å². The van der Waals surface area contributed by atoms with Crippen LogP contribution in [0, 0.1) is 6.92 Å². The molecule has 1 aliphatic heterocycles. The predicted molar refractivity (Wildman–Crippen MR) is 112 cm³/mol. The van der Waals surface area contributed by atoms with Gasteiger partial charge in [0.25, 0.3) is 0 Å². The van der Waals surface area contributed by atoms with Crippen molar-refractivity contribution in [3.8, 4) is 22.4 Å². The number of hydrogen-bond acceptors (Lipinski definition) is 6. The Bertz CT molecular complexity index is 1010. The van der Waals surface area contributed by atoms with Crippen LogP contribution in [0.5, 0.6) is 0 Å². The van der Waals surface area contributed by atoms with Gasteiger partial charge in [0.15, 0.2) is 0 Å². The SMILES string of the molecule is Cc1c(-c2ccc(-c3ccn(C)n3)cc2)cccc1[C@H]1O[C@H](CO)[C@@H](O)[C@H](O)[C@@H]1O. The van der Waals surface area contributed by atoms with Gasteiger partial charge in [0.05, 0.1) is 12.3 Å². The summed E-state index contributed by atoms with van der Waals surface area (Å²) in [5, 5.41) is 44.6. The Kier molecular flexibility index (Phi) is 5.73. The maximum Gasteiger partial charge on any atom is 0.113 e. The van der Waals surface area contributed by atoms with E-state index in [-0.39, 0.29) is 0 Å². The quantitative estimate of drug-likeness (QED) is 0.520. The van der Waals surface area contributed by atoms with Crippen LogP contribution >= 0.6 is 0 Å². The Morgan fingerprint density at radius 3 is 2.27 bits per heavy atom. The fourth-order valence-corrected chi connectivity index (χ4v) is 4.02. The summed E-state index contributed by atoms with van der Waals surface area (Å²) in [6, 6.07) is 15.7. The molecule has 158 valence electrons. The van der Waals surface area contributed by atoms with Crippen LogP contribution in [0.25, 0.3) is 22.4 Å². The molecule has 1 fully saturated rings. The van der Waals surface area contributed by atoms with Crippen molar-refractivity contribution < 1.29 is 25.2 Å². The van der Waals surface area contributed by atoms with Crippen LogP contribution < -0.4 is 0 Å². The lowest BCUT2D eigenvalue weighted by atomic mass is 9.87. The summed E-state index contributed by atoms with van der Waals surface area (Å²) in [7, 11) is 1.88. The summed E-state index contributed by atoms with van der Waals surface area (Å²) in [5.74, 6) is 0. The zero-order chi connectivity index (χ0) is 21.4. The number of rotatable bonds is 4. The van der Waals surface area contributed by atoms with Crippen LogP contribution in [0.4, 0.5) is 0 Å². The van der Waals surface area contributed by atoms with Gasteiger partial charge in [-0.1, -0.05) is 42.5 Å². The lowest BCUT2D eigenvalue weighted by Gasteiger charge is -2.40. The van der Waals surface area contributed by atoms with Crippen molar-refractivity contribution in [2.75, 3.05) is 6.61 Å². The monoisotopic (exact) mass is 410 g/mol. The van der Waals surface area contributed by atoms with Gasteiger partial charge in [-0.2, -0.15) is 5.10 Å². The highest BCUT2D eigenvalue weighted by Crippen LogP contribution is 2.37. The fourth-order valence-electron chi connectivity index (χ4n) is 4.02. The van der Waals surface area contributed by atoms with E-state index < -0.39 is 37.1 Å². The molecule has 0 radical (unpaired) electrons. The minimum atomic E-state index is -1.40. The predicted octanol–water partition coefficient (Wildman–Crippen LogP) is 1.58. The van der Waals surface area contributed by atoms with Crippen LogP contribution in [0.2, 0.25) is 0 Å². The van der Waals surface area contributed by atoms with Crippen LogP contribution in [-0.4, -0.2) is 61.2 Å². The lowest BCUT2D eigenvalue weighted by molar-refractivity contribution is -0.231. The van der Waals surface area contributed by atoms with Crippen LogP contribution in [0.3, 0.4) is 0 Å². The van der Waals surface area contributed by atoms with E-state index in [2.05, 4.69) is 5.10 Å². The third kappa shape index (κ3) is 3.66. The first kappa shape index (κ1) is 20.7. The zero-order valence-electron chi connectivity index (χ0n) is 16.9. The number of hydrogen-bond donors (Lipinski definition) is 4. The van der Waals surface area contributed by atoms with Crippen LogP contribution in [0.1, 0.15) is 17.2 Å². The van der Waals surface area contributed by atoms with Crippen LogP contribution in [0.15, 0.2) is 54.7 Å². The Hall–Kier alpha value is -2.55. The summed E-state index contributed by atoms with van der Waals surface area (Å²) in [4.78, 5) is 0. The summed E-state index contributed by atoms with van der Waals surface area (Å²) < 4.78 is 7.51. The van der Waals surface area contributed by atoms with E-state index in [1.807, 2.05) is 68.7 Å². The normalized spacial score (nSPS) is 26.7. The molecule has 7 nitrogen and oxygen atoms in total. The van der Waals surface area contributed by atoms with E-state index in [0.717, 1.165) is 27.9 Å². The first-order valence-electron chi connectivity index (χ1n) is 9.91. The van der Waals surface area contributed by atoms with Gasteiger partial charge in [0.2, 0.25) is 0 Å². The molecule has 1 aliphatic rings. The molecule has 4 N–H and O–H groups in total. The highest BCUT2D eigenvalue weighted by molar-refractivity contribution is 5.72. The van der Waals surface area contributed by atoms with Crippen molar-refractivity contribution in [1.82, 2.24) is 9.78 Å². The molecular weight excluding hydrogens is 384 g/mol. The van der Waals surface area contributed by atoms with Gasteiger partial charge in [0, 0.05) is 18.8 Å². The van der Waals surface area contributed by atoms with Gasteiger partial charge in [-0.05, 0) is 35.2 Å². The number of aliphatic hydroxyl groups excluding tert-OH is 4. The van der Waals surface area contributed by atoms with E-state index in [9.17, 15) is 20.4 Å². The Balaban J connectivity index is 1.66. The lowest BCUT2D eigenvalue weighted by Crippen LogP contribution is -2.55. The van der Waals surface area contributed by atoms with Gasteiger partial charge in [0.1, 0.15) is 30.5 Å². The maximum absolute atomic E-state index is 10.5. The molecule has 7 heteroatoms. The first-order valence-corrected chi connectivity index (χ1v) is 9.91. The highest BCUT2D eigenvalue weighted by Gasteiger charge is 2.44. The average molecular weight is 410 g/mol. The topological polar surface area (TPSA) is 108 Å². The van der Waals surface area contributed by atoms with Crippen molar-refractivity contribution >= 4 is 0 Å². The number of aliphatic hydroxyl groups is 4. The van der Waals surface area contributed by atoms with Gasteiger partial charge >= 0.3 is 0 Å². The summed E-state index contributed by atoms with van der Waals surface area (Å²) in [6.07, 6.45) is -3.96. The minimum absolute atomic E-state index is 0.449. The van der Waals surface area contributed by atoms with E-state index in [4.69, 9.17) is 4.74 Å². The molecule has 5 atom stereocenters. The molecule has 2 aromatic carbocycles. The number of nitrogens with zero attached hydrogens (tertiary/aromatic N) is 2. The molecule has 0 aliphatic carbocycles. The Labute approximate surface area is 174 Å². The number of aryl methyl sites for hydroxylation is 1. The molecule has 0 bridgehead atoms. The second-order valence-electron chi connectivity index (χ2n) is 7.72. The molecule has 3 aromatic rings. The largest absolute Gasteiger partial charge is 0.394 e. The van der Waals surface area contributed by atoms with Gasteiger partial charge in [-0.15, -0.1) is 0 Å². The molecule has 0 amide bonds. The molecule has 0 saturated carbocycles. The van der Waals surface area contributed by atoms with Crippen molar-refractivity contribution in [2.24, 2.45) is 7.05 Å². The van der Waals surface area contributed by atoms with Crippen molar-refractivity contribution in [1.29, 1.82) is 0 Å². The van der Waals surface area contributed by atoms with Crippen molar-refractivity contribution in [3.63, 3.8) is 0 Å². The Morgan fingerprint density at radius 1 is 0.933 bits per heavy atom. The van der Waals surface area contributed by atoms with Crippen molar-refractivity contribution in [2.45, 2.75) is 37.4 Å². The summed E-state index contributed by atoms with van der Waals surface area (Å²) in [6.45, 7) is 1.48. The zero-order valence-corrected chi connectivity index (χ0v) is 16.9. The second-order valence-corrected chi connectivity index (χ2v) is 7.72. The molecule has 4 rings (SSSR count). The molecule has 0 spiro atoms. The standard InChI is InChI=1S/C23H26N2O5/c1-13-16(14-6-8-15(9-7-14)18-10-11-25(2)24-18)4-3-5-17(13)23-22(29)21(28)20(27)19(12-26)30-23/h3-11,19-23,26-29H,12H2,1-2H3/t19-,20-,21+,22+,23-/m1/s1. The van der Waals surface area contributed by atoms with E-state index in [1.54, 1.807) is 4.68 Å². The average Bonchev–Trinajstić information content (AvgIpc) is 3.19. The Morgan fingerprint density at radius 2 is 1.63 bits per heavy atom. The third-order valence-electron chi connectivity index (χ3n) is 5.78. The second kappa shape index (κ2) is 8.29. The fraction of sp³-hybridized carbons (Fsp3) is 0.348. The number of ether oxygens (including phenoxy) is 1. The number of aromatic nitrogens is 2. The van der Waals surface area contributed by atoms with Crippen LogP contribution in [-0.2, 0) is 11.8 Å². The molecule has 30 heavy (non-hydrogen) atoms. The van der Waals surface area contributed by atoms with Gasteiger partial charge in [-0.25, -0.2) is 0 Å². The molecule has 1 saturated heterocycles. The smallest absolute Gasteiger partial charge is 0.113 e.